The Bertz CT molecular complexity index is 4300. The number of anilines is 1. The third-order valence-corrected chi connectivity index (χ3v) is 25.9. The fourth-order valence-electron chi connectivity index (χ4n) is 11.2. The first-order chi connectivity index (χ1) is 50.6. The van der Waals surface area contributed by atoms with Gasteiger partial charge in [-0.25, -0.2) is 19.4 Å². The van der Waals surface area contributed by atoms with Crippen LogP contribution in [-0.2, 0) is 71.7 Å². The van der Waals surface area contributed by atoms with Gasteiger partial charge in [-0.1, -0.05) is 84.2 Å². The molecule has 41 heteroatoms. The molecule has 31 nitrogen and oxygen atoms in total. The number of fused-ring (bicyclic) bond motifs is 3. The highest BCUT2D eigenvalue weighted by Gasteiger charge is 2.59. The van der Waals surface area contributed by atoms with E-state index in [1.54, 1.807) is 49.9 Å². The summed E-state index contributed by atoms with van der Waals surface area (Å²) in [6, 6.07) is 7.45. The van der Waals surface area contributed by atoms with Gasteiger partial charge >= 0.3 is 17.9 Å². The van der Waals surface area contributed by atoms with E-state index < -0.39 is 104 Å². The van der Waals surface area contributed by atoms with Gasteiger partial charge < -0.3 is 63.8 Å². The Morgan fingerprint density at radius 2 is 0.963 bits per heavy atom. The number of nitrogen functional groups attached to an aromatic ring is 1. The zero-order chi connectivity index (χ0) is 78.9. The Balaban J connectivity index is 0.000000236. The highest BCUT2D eigenvalue weighted by atomic mass is 127. The molecule has 10 rings (SSSR count). The Kier molecular flexibility index (Phi) is 33.5. The number of ketones is 6. The molecule has 582 valence electrons. The first-order valence-corrected chi connectivity index (χ1v) is 46.5. The predicted molar refractivity (Wildman–Crippen MR) is 426 cm³/mol. The fraction of sp³-hybridized carbons (Fsp3) is 0.433. The number of nitrogens with zero attached hydrogens (tertiary/aromatic N) is 4. The largest absolute Gasteiger partial charge is 0.517 e. The number of carbonyl (C=O) groups is 14. The third-order valence-electron chi connectivity index (χ3n) is 16.0. The van der Waals surface area contributed by atoms with Gasteiger partial charge in [-0.3, -0.25) is 52.7 Å². The van der Waals surface area contributed by atoms with E-state index in [-0.39, 0.29) is 155 Å². The van der Waals surface area contributed by atoms with Crippen molar-refractivity contribution in [2.24, 2.45) is 33.2 Å². The van der Waals surface area contributed by atoms with Crippen LogP contribution >= 0.6 is 106 Å². The summed E-state index contributed by atoms with van der Waals surface area (Å²) in [7, 11) is -0.0102. The van der Waals surface area contributed by atoms with E-state index in [1.165, 1.54) is 88.1 Å². The van der Waals surface area contributed by atoms with Crippen molar-refractivity contribution in [3.63, 3.8) is 0 Å². The van der Waals surface area contributed by atoms with E-state index in [4.69, 9.17) is 28.2 Å². The molecule has 0 spiro atoms. The van der Waals surface area contributed by atoms with Crippen molar-refractivity contribution in [2.75, 3.05) is 61.6 Å². The van der Waals surface area contributed by atoms with Gasteiger partial charge in [-0.2, -0.15) is 35.3 Å². The van der Waals surface area contributed by atoms with Gasteiger partial charge in [0.25, 0.3) is 27.2 Å². The Morgan fingerprint density at radius 1 is 0.583 bits per heavy atom. The van der Waals surface area contributed by atoms with E-state index in [1.807, 2.05) is 19.6 Å². The molecule has 108 heavy (non-hydrogen) atoms. The molecule has 4 aromatic heterocycles. The minimum Gasteiger partial charge on any atom is -0.517 e. The predicted octanol–water partition coefficient (Wildman–Crippen LogP) is 7.85. The second-order valence-corrected chi connectivity index (χ2v) is 42.1. The van der Waals surface area contributed by atoms with Gasteiger partial charge in [0.15, 0.2) is 68.5 Å². The number of nitrogens with two attached hydrogens (primary N) is 1. The molecule has 0 saturated heterocycles. The lowest BCUT2D eigenvalue weighted by atomic mass is 9.71. The first kappa shape index (κ1) is 89.4. The summed E-state index contributed by atoms with van der Waals surface area (Å²) in [5.74, 6) is -6.21. The third kappa shape index (κ3) is 22.6. The van der Waals surface area contributed by atoms with Crippen LogP contribution in [0, 0.1) is 17.8 Å². The lowest BCUT2D eigenvalue weighted by Crippen LogP contribution is -2.68. The van der Waals surface area contributed by atoms with Crippen LogP contribution in [0.3, 0.4) is 0 Å². The van der Waals surface area contributed by atoms with Crippen molar-refractivity contribution in [1.29, 1.82) is 0 Å². The number of thioether (sulfide) groups is 6. The van der Waals surface area contributed by atoms with Crippen molar-refractivity contribution >= 4 is 224 Å². The first-order valence-electron chi connectivity index (χ1n) is 32.6. The number of thiazole rings is 1. The number of aliphatic carboxylic acids is 2. The zero-order valence-corrected chi connectivity index (χ0v) is 70.3. The number of carboxylic acid groups (broad SMARTS) is 2. The molecule has 3 aliphatic carbocycles. The van der Waals surface area contributed by atoms with E-state index in [9.17, 15) is 77.3 Å². The summed E-state index contributed by atoms with van der Waals surface area (Å²) < 4.78 is 21.1. The number of hydrogen-bond acceptors (Lipinski definition) is 34. The molecule has 0 bridgehead atoms. The van der Waals surface area contributed by atoms with Crippen molar-refractivity contribution in [3.05, 3.63) is 117 Å². The zero-order valence-electron chi connectivity index (χ0n) is 60.2. The van der Waals surface area contributed by atoms with Crippen molar-refractivity contribution in [3.8, 4) is 0 Å². The van der Waals surface area contributed by atoms with Gasteiger partial charge in [0.05, 0.1) is 42.6 Å². The molecule has 9 atom stereocenters. The molecule has 7 N–H and O–H groups in total. The maximum absolute atomic E-state index is 13.1. The standard InChI is InChI=1S/C20H18N4O7S3.C20H20N2O8S2.C20H29NO5S2Si2.C7H11NO3.HI/c1-30-24-13(9-7-34-20(21)22-9)17(26)23-14-15(25)12-11(18(27)28)8(5-32-16(12)14)6-33-19(29)10-3-2-4-31-10;1-3-10(23)14(22-29-2)18(25)21-15-16(24)13-12(19(26)27)9(7-31-17(13)15)8-32-20(28)11-5-4-6-30-11;1-29(2,3)21-16-17(22)15-14(19(23)26-30(4,5)6)12(10-27-18(15)16)11-28-20(24)13-8-7-9-25-13;1-4-6(10)7(5(2)9)8-11-3;/h2-4,7,12,14,16H,5-6H2,1H3,(H2,21,22)(H,23,26)(H,27,28);4-6,13,15,17H,3,7-8H2,1-2H3,(H,21,25)(H,26,27);7-9,15-16,18,21H,10-11H2,1-6H3;4H2,1-3H3;1H/b24-13-;22-14-;;8-7+;/t12?,14-,16+;13?,15-,17+;15?,16-,18+;;/m111../s1. The van der Waals surface area contributed by atoms with Crippen LogP contribution in [0.2, 0.25) is 39.3 Å². The van der Waals surface area contributed by atoms with Crippen molar-refractivity contribution in [2.45, 2.75) is 107 Å². The fourth-order valence-corrected chi connectivity index (χ4v) is 21.2. The lowest BCUT2D eigenvalue weighted by molar-refractivity contribution is -0.139. The molecule has 0 radical (unpaired) electrons. The van der Waals surface area contributed by atoms with Gasteiger partial charge in [0.2, 0.25) is 14.0 Å². The number of nitrogens with one attached hydrogen (secondary N) is 3. The SMILES string of the molecule is CCC(=O)/C(=N/OC)C(=O)N[C@@H]1C(=O)C2C(C(=O)O)=C(CSC(=O)c3ccco3)CS[C@@H]21.CCC(=O)/C(=N/OC)C(C)=O.CO/N=C(\C(=O)N[C@@H]1C(=O)C2C(C(=O)O)=C(CSC(=O)c3ccco3)CS[C@@H]21)c1csc(N)n1.C[Si](C)(C)N[C@@H]1C(=O)C2C(C(=O)O[Si](C)(C)C)=C(CSC(=O)c3ccco3)CS[C@@H]21.I. The normalized spacial score (nSPS) is 21.5. The number of carboxylic acids is 2. The van der Waals surface area contributed by atoms with Gasteiger partial charge in [-0.05, 0) is 72.8 Å². The van der Waals surface area contributed by atoms with Crippen molar-refractivity contribution < 1.29 is 110 Å². The Labute approximate surface area is 667 Å². The minimum absolute atomic E-state index is 0. The summed E-state index contributed by atoms with van der Waals surface area (Å²) in [5.41, 5.74) is 7.35. The molecule has 2 amide bonds. The molecule has 4 aromatic rings. The van der Waals surface area contributed by atoms with Crippen LogP contribution in [0.5, 0.6) is 0 Å². The average Bonchev–Trinajstić information content (AvgIpc) is 0.844. The van der Waals surface area contributed by atoms with Crippen LogP contribution in [0.4, 0.5) is 5.13 Å². The summed E-state index contributed by atoms with van der Waals surface area (Å²) in [6.45, 7) is 16.9. The average molecular weight is 1770 g/mol. The number of oxime groups is 3. The summed E-state index contributed by atoms with van der Waals surface area (Å²) in [5, 5.41) is 35.1. The number of halogens is 1. The number of carbonyl (C=O) groups excluding carboxylic acids is 12. The van der Waals surface area contributed by atoms with E-state index in [0.717, 1.165) is 52.2 Å². The second kappa shape index (κ2) is 40.4. The second-order valence-electron chi connectivity index (χ2n) is 25.6. The van der Waals surface area contributed by atoms with Gasteiger partial charge in [0, 0.05) is 92.1 Å². The number of rotatable bonds is 28. The Morgan fingerprint density at radius 3 is 1.31 bits per heavy atom. The maximum atomic E-state index is 13.1. The van der Waals surface area contributed by atoms with E-state index in [0.29, 0.717) is 34.0 Å². The highest BCUT2D eigenvalue weighted by Crippen LogP contribution is 2.49. The monoisotopic (exact) mass is 1770 g/mol. The molecule has 6 aliphatic rings. The molecular formula is C67H79IN8O23S7Si2. The highest BCUT2D eigenvalue weighted by molar-refractivity contribution is 14.0. The molecule has 7 heterocycles. The summed E-state index contributed by atoms with van der Waals surface area (Å²) >= 11 is 8.42. The van der Waals surface area contributed by atoms with E-state index >= 15 is 0 Å². The maximum Gasteiger partial charge on any atom is 0.332 e. The van der Waals surface area contributed by atoms with Crippen molar-refractivity contribution in [1.82, 2.24) is 20.6 Å². The van der Waals surface area contributed by atoms with Crippen LogP contribution in [0.1, 0.15) is 71.0 Å². The number of hydrogen-bond donors (Lipinski definition) is 6. The topological polar surface area (TPSA) is 468 Å². The number of aromatic nitrogens is 1. The van der Waals surface area contributed by atoms with E-state index in [2.05, 4.69) is 65.4 Å². The molecule has 3 fully saturated rings. The van der Waals surface area contributed by atoms with Crippen LogP contribution in [0.15, 0.2) is 123 Å². The molecular weight excluding hydrogens is 1690 g/mol. The number of amides is 2. The van der Waals surface area contributed by atoms with Crippen LogP contribution in [0.25, 0.3) is 0 Å². The van der Waals surface area contributed by atoms with Gasteiger partial charge in [0.1, 0.15) is 47.3 Å². The molecule has 3 saturated carbocycles. The molecule has 3 unspecified atom stereocenters. The minimum atomic E-state index is -2.13. The quantitative estimate of drug-likeness (QED) is 0.0104. The molecule has 0 aromatic carbocycles. The Hall–Kier alpha value is -7.50. The number of furan rings is 3. The number of Topliss-reactive ketones (excluding diaryl/α,β-unsaturated/α-hetero) is 6. The summed E-state index contributed by atoms with van der Waals surface area (Å²) in [4.78, 5) is 192. The van der Waals surface area contributed by atoms with Crippen LogP contribution < -0.4 is 21.3 Å². The lowest BCUT2D eigenvalue weighted by Gasteiger charge is -2.49. The smallest absolute Gasteiger partial charge is 0.332 e. The molecule has 3 aliphatic heterocycles. The van der Waals surface area contributed by atoms with Crippen LogP contribution in [-0.4, -0.2) is 218 Å². The van der Waals surface area contributed by atoms with Gasteiger partial charge in [-0.15, -0.1) is 35.3 Å². The summed E-state index contributed by atoms with van der Waals surface area (Å²) in [6.07, 6.45) is 4.50.